The number of amides is 2. The first kappa shape index (κ1) is 17.9. The Labute approximate surface area is 152 Å². The zero-order valence-electron chi connectivity index (χ0n) is 14.3. The minimum absolute atomic E-state index is 0.0710. The molecule has 25 heavy (non-hydrogen) atoms. The normalized spacial score (nSPS) is 21.1. The molecular weight excluding hydrogens is 344 g/mol. The maximum absolute atomic E-state index is 12.2. The van der Waals surface area contributed by atoms with Crippen LogP contribution in [0, 0.1) is 5.92 Å². The van der Waals surface area contributed by atoms with Gasteiger partial charge >= 0.3 is 6.09 Å². The van der Waals surface area contributed by atoms with Crippen molar-refractivity contribution >= 4 is 29.3 Å². The van der Waals surface area contributed by atoms with Gasteiger partial charge in [-0.15, -0.1) is 0 Å². The van der Waals surface area contributed by atoms with Crippen LogP contribution in [-0.2, 0) is 9.53 Å². The first-order chi connectivity index (χ1) is 12.1. The molecule has 3 rings (SSSR count). The lowest BCUT2D eigenvalue weighted by atomic mass is 9.88. The summed E-state index contributed by atoms with van der Waals surface area (Å²) >= 11 is 6.12. The van der Waals surface area contributed by atoms with Crippen LogP contribution in [-0.4, -0.2) is 38.3 Å². The zero-order valence-corrected chi connectivity index (χ0v) is 15.1. The largest absolute Gasteiger partial charge is 0.495 e. The first-order valence-electron chi connectivity index (χ1n) is 8.68. The monoisotopic (exact) mass is 366 g/mol. The maximum atomic E-state index is 12.2. The molecule has 136 valence electrons. The van der Waals surface area contributed by atoms with Gasteiger partial charge in [0.1, 0.15) is 11.9 Å². The van der Waals surface area contributed by atoms with Gasteiger partial charge in [0.2, 0.25) is 5.91 Å². The van der Waals surface area contributed by atoms with Crippen molar-refractivity contribution in [3.63, 3.8) is 0 Å². The molecule has 1 aromatic carbocycles. The van der Waals surface area contributed by atoms with Crippen LogP contribution in [0.15, 0.2) is 18.2 Å². The molecule has 2 amide bonds. The highest BCUT2D eigenvalue weighted by molar-refractivity contribution is 6.32. The predicted molar refractivity (Wildman–Crippen MR) is 95.2 cm³/mol. The lowest BCUT2D eigenvalue weighted by molar-refractivity contribution is -0.126. The fourth-order valence-corrected chi connectivity index (χ4v) is 3.64. The highest BCUT2D eigenvalue weighted by Gasteiger charge is 2.33. The molecule has 1 heterocycles. The number of hydrogen-bond acceptors (Lipinski definition) is 4. The molecule has 7 heteroatoms. The van der Waals surface area contributed by atoms with Gasteiger partial charge in [-0.1, -0.05) is 30.9 Å². The second-order valence-electron chi connectivity index (χ2n) is 6.52. The molecule has 2 aliphatic rings. The number of ether oxygens (including phenoxy) is 2. The van der Waals surface area contributed by atoms with Crippen molar-refractivity contribution < 1.29 is 19.1 Å². The first-order valence-corrected chi connectivity index (χ1v) is 9.05. The summed E-state index contributed by atoms with van der Waals surface area (Å²) in [4.78, 5) is 25.8. The van der Waals surface area contributed by atoms with Crippen LogP contribution in [0.1, 0.15) is 32.1 Å². The van der Waals surface area contributed by atoms with Crippen LogP contribution >= 0.6 is 11.6 Å². The van der Waals surface area contributed by atoms with Crippen LogP contribution in [0.2, 0.25) is 5.02 Å². The van der Waals surface area contributed by atoms with E-state index >= 15 is 0 Å². The third kappa shape index (κ3) is 4.18. The fraction of sp³-hybridized carbons (Fsp3) is 0.556. The molecule has 1 aliphatic heterocycles. The maximum Gasteiger partial charge on any atom is 0.414 e. The van der Waals surface area contributed by atoms with E-state index in [0.717, 1.165) is 25.7 Å². The topological polar surface area (TPSA) is 67.9 Å². The molecule has 0 aromatic heterocycles. The molecule has 1 saturated carbocycles. The number of benzene rings is 1. The van der Waals surface area contributed by atoms with E-state index in [9.17, 15) is 9.59 Å². The van der Waals surface area contributed by atoms with Gasteiger partial charge in [0.05, 0.1) is 25.2 Å². The second-order valence-corrected chi connectivity index (χ2v) is 6.92. The third-order valence-electron chi connectivity index (χ3n) is 4.80. The summed E-state index contributed by atoms with van der Waals surface area (Å²) in [5.41, 5.74) is 0.650. The van der Waals surface area contributed by atoms with E-state index in [1.807, 2.05) is 0 Å². The van der Waals surface area contributed by atoms with E-state index in [2.05, 4.69) is 5.32 Å². The fourth-order valence-electron chi connectivity index (χ4n) is 3.39. The number of nitrogens with zero attached hydrogens (tertiary/aromatic N) is 1. The second kappa shape index (κ2) is 7.95. The van der Waals surface area contributed by atoms with E-state index in [1.54, 1.807) is 18.2 Å². The number of halogens is 1. The van der Waals surface area contributed by atoms with E-state index < -0.39 is 6.09 Å². The van der Waals surface area contributed by atoms with Crippen molar-refractivity contribution in [2.75, 3.05) is 25.1 Å². The van der Waals surface area contributed by atoms with Crippen LogP contribution in [0.5, 0.6) is 5.75 Å². The Morgan fingerprint density at radius 2 is 2.12 bits per heavy atom. The summed E-state index contributed by atoms with van der Waals surface area (Å²) in [5.74, 6) is 0.721. The van der Waals surface area contributed by atoms with Crippen molar-refractivity contribution in [2.45, 2.75) is 38.2 Å². The van der Waals surface area contributed by atoms with Crippen LogP contribution in [0.25, 0.3) is 0 Å². The van der Waals surface area contributed by atoms with Crippen molar-refractivity contribution in [3.8, 4) is 5.75 Å². The van der Waals surface area contributed by atoms with Gasteiger partial charge in [0.25, 0.3) is 0 Å². The van der Waals surface area contributed by atoms with E-state index in [0.29, 0.717) is 29.5 Å². The van der Waals surface area contributed by atoms with Gasteiger partial charge in [-0.05, 0) is 31.0 Å². The summed E-state index contributed by atoms with van der Waals surface area (Å²) in [6, 6.07) is 5.14. The lowest BCUT2D eigenvalue weighted by Gasteiger charge is -2.21. The van der Waals surface area contributed by atoms with Crippen molar-refractivity contribution in [2.24, 2.45) is 5.92 Å². The molecule has 1 saturated heterocycles. The summed E-state index contributed by atoms with van der Waals surface area (Å²) in [7, 11) is 1.54. The lowest BCUT2D eigenvalue weighted by Crippen LogP contribution is -2.38. The molecule has 0 radical (unpaired) electrons. The minimum atomic E-state index is -0.432. The van der Waals surface area contributed by atoms with Gasteiger partial charge in [0, 0.05) is 11.6 Å². The van der Waals surface area contributed by atoms with E-state index in [4.69, 9.17) is 21.1 Å². The summed E-state index contributed by atoms with van der Waals surface area (Å²) in [6.07, 6.45) is 4.55. The number of methoxy groups -OCH3 is 1. The van der Waals surface area contributed by atoms with Gasteiger partial charge in [0.15, 0.2) is 0 Å². The number of rotatable bonds is 5. The molecule has 1 aromatic rings. The Balaban J connectivity index is 1.55. The Morgan fingerprint density at radius 1 is 1.36 bits per heavy atom. The zero-order chi connectivity index (χ0) is 17.8. The number of nitrogens with one attached hydrogen (secondary N) is 1. The number of anilines is 1. The summed E-state index contributed by atoms with van der Waals surface area (Å²) < 4.78 is 10.5. The highest BCUT2D eigenvalue weighted by Crippen LogP contribution is 2.31. The van der Waals surface area contributed by atoms with Gasteiger partial charge < -0.3 is 14.8 Å². The standard InChI is InChI=1S/C18H23ClN2O4/c1-24-16-8-7-13(9-15(16)19)21-11-14(25-18(21)23)10-20-17(22)12-5-3-2-4-6-12/h7-9,12,14H,2-6,10-11H2,1H3,(H,20,22). The minimum Gasteiger partial charge on any atom is -0.495 e. The molecule has 0 bridgehead atoms. The number of carbonyl (C=O) groups is 2. The highest BCUT2D eigenvalue weighted by atomic mass is 35.5. The molecule has 0 spiro atoms. The van der Waals surface area contributed by atoms with Gasteiger partial charge in [-0.3, -0.25) is 9.69 Å². The van der Waals surface area contributed by atoms with Crippen LogP contribution < -0.4 is 15.0 Å². The molecule has 2 fully saturated rings. The Kier molecular flexibility index (Phi) is 5.68. The summed E-state index contributed by atoms with van der Waals surface area (Å²) in [5, 5.41) is 3.36. The van der Waals surface area contributed by atoms with Crippen molar-refractivity contribution in [3.05, 3.63) is 23.2 Å². The Bertz CT molecular complexity index is 646. The average molecular weight is 367 g/mol. The van der Waals surface area contributed by atoms with Gasteiger partial charge in [-0.25, -0.2) is 4.79 Å². The molecule has 6 nitrogen and oxygen atoms in total. The smallest absolute Gasteiger partial charge is 0.414 e. The molecule has 1 unspecified atom stereocenters. The third-order valence-corrected chi connectivity index (χ3v) is 5.10. The van der Waals surface area contributed by atoms with Crippen LogP contribution in [0.3, 0.4) is 0 Å². The molecular formula is C18H23ClN2O4. The average Bonchev–Trinajstić information content (AvgIpc) is 3.01. The van der Waals surface area contributed by atoms with Crippen molar-refractivity contribution in [1.29, 1.82) is 0 Å². The van der Waals surface area contributed by atoms with Crippen molar-refractivity contribution in [1.82, 2.24) is 5.32 Å². The predicted octanol–water partition coefficient (Wildman–Crippen LogP) is 3.37. The van der Waals surface area contributed by atoms with E-state index in [1.165, 1.54) is 18.4 Å². The molecule has 1 aliphatic carbocycles. The molecule has 1 N–H and O–H groups in total. The van der Waals surface area contributed by atoms with Crippen LogP contribution in [0.4, 0.5) is 10.5 Å². The quantitative estimate of drug-likeness (QED) is 0.867. The summed E-state index contributed by atoms with van der Waals surface area (Å²) in [6.45, 7) is 0.716. The van der Waals surface area contributed by atoms with Gasteiger partial charge in [-0.2, -0.15) is 0 Å². The Hall–Kier alpha value is -1.95. The number of hydrogen-bond donors (Lipinski definition) is 1. The molecule has 1 atom stereocenters. The van der Waals surface area contributed by atoms with E-state index in [-0.39, 0.29) is 17.9 Å². The Morgan fingerprint density at radius 3 is 2.80 bits per heavy atom. The number of cyclic esters (lactones) is 1. The number of carbonyl (C=O) groups excluding carboxylic acids is 2. The SMILES string of the molecule is COc1ccc(N2CC(CNC(=O)C3CCCCC3)OC2=O)cc1Cl.